The molecule has 2 fully saturated rings. The van der Waals surface area contributed by atoms with Gasteiger partial charge in [0.15, 0.2) is 0 Å². The van der Waals surface area contributed by atoms with Gasteiger partial charge in [-0.15, -0.1) is 0 Å². The summed E-state index contributed by atoms with van der Waals surface area (Å²) < 4.78 is 52.6. The van der Waals surface area contributed by atoms with Crippen molar-refractivity contribution < 1.29 is 27.0 Å². The van der Waals surface area contributed by atoms with E-state index < -0.39 is 26.2 Å². The normalized spacial score (nSPS) is 18.8. The maximum Gasteiger partial charge on any atom is 0.243 e. The van der Waals surface area contributed by atoms with Crippen LogP contribution >= 0.6 is 0 Å². The summed E-state index contributed by atoms with van der Waals surface area (Å²) in [7, 11) is -6.98. The number of aliphatic hydroxyl groups excluding tert-OH is 1. The molecule has 0 amide bonds. The highest BCUT2D eigenvalue weighted by Gasteiger charge is 2.26. The number of hydrogen-bond donors (Lipinski definition) is 4. The molecule has 1 atom stereocenters. The van der Waals surface area contributed by atoms with Gasteiger partial charge in [-0.05, 0) is 80.1 Å². The van der Waals surface area contributed by atoms with Gasteiger partial charge < -0.3 is 20.4 Å². The number of rotatable bonds is 10. The molecular formula is C26H38N4O6S2. The zero-order valence-electron chi connectivity index (χ0n) is 21.7. The van der Waals surface area contributed by atoms with E-state index in [1.165, 1.54) is 12.1 Å². The lowest BCUT2D eigenvalue weighted by Crippen LogP contribution is -2.38. The molecule has 0 radical (unpaired) electrons. The van der Waals surface area contributed by atoms with Gasteiger partial charge in [0.25, 0.3) is 0 Å². The van der Waals surface area contributed by atoms with Gasteiger partial charge in [0.2, 0.25) is 20.0 Å². The number of phenolic OH excluding ortho intramolecular Hbond substituents is 1. The molecule has 4 rings (SSSR count). The van der Waals surface area contributed by atoms with E-state index in [1.54, 1.807) is 22.5 Å². The van der Waals surface area contributed by atoms with Gasteiger partial charge in [-0.2, -0.15) is 4.31 Å². The minimum atomic E-state index is -3.55. The van der Waals surface area contributed by atoms with E-state index in [-0.39, 0.29) is 11.4 Å². The minimum Gasteiger partial charge on any atom is -0.506 e. The van der Waals surface area contributed by atoms with E-state index in [4.69, 9.17) is 0 Å². The Morgan fingerprint density at radius 1 is 0.947 bits per heavy atom. The standard InChI is InChI=1S/C26H38N4O6S2/c1-37(33,34)28-24-17-21(5-10-25(24)31)26(32)19-27-18-20-11-15-29(16-12-20)22-6-8-23(9-7-22)38(35,36)30-13-3-2-4-14-30/h5-10,17,20,26-28,31-32H,2-4,11-16,18-19H2,1H3. The van der Waals surface area contributed by atoms with E-state index in [9.17, 15) is 27.0 Å². The second-order valence-electron chi connectivity index (χ2n) is 10.2. The van der Waals surface area contributed by atoms with E-state index in [0.29, 0.717) is 36.0 Å². The van der Waals surface area contributed by atoms with Crippen LogP contribution in [0.2, 0.25) is 0 Å². The van der Waals surface area contributed by atoms with Crippen LogP contribution in [0.3, 0.4) is 0 Å². The van der Waals surface area contributed by atoms with Crippen LogP contribution in [-0.4, -0.2) is 76.9 Å². The van der Waals surface area contributed by atoms with Crippen molar-refractivity contribution in [1.29, 1.82) is 0 Å². The number of nitrogens with zero attached hydrogens (tertiary/aromatic N) is 2. The van der Waals surface area contributed by atoms with Gasteiger partial charge in [-0.3, -0.25) is 4.72 Å². The average Bonchev–Trinajstić information content (AvgIpc) is 2.90. The third-order valence-electron chi connectivity index (χ3n) is 7.24. The number of sulfonamides is 2. The summed E-state index contributed by atoms with van der Waals surface area (Å²) in [6.07, 6.45) is 5.01. The molecule has 0 aliphatic carbocycles. The first-order valence-electron chi connectivity index (χ1n) is 13.1. The summed E-state index contributed by atoms with van der Waals surface area (Å²) in [5.74, 6) is 0.240. The number of phenols is 1. The van der Waals surface area contributed by atoms with E-state index in [2.05, 4.69) is 14.9 Å². The van der Waals surface area contributed by atoms with Crippen LogP contribution in [0.5, 0.6) is 5.75 Å². The lowest BCUT2D eigenvalue weighted by Gasteiger charge is -2.34. The molecule has 2 aliphatic heterocycles. The molecule has 12 heteroatoms. The molecular weight excluding hydrogens is 528 g/mol. The number of nitrogens with one attached hydrogen (secondary N) is 2. The van der Waals surface area contributed by atoms with Gasteiger partial charge in [-0.25, -0.2) is 16.8 Å². The fraction of sp³-hybridized carbons (Fsp3) is 0.538. The summed E-state index contributed by atoms with van der Waals surface area (Å²) in [6.45, 7) is 3.97. The molecule has 2 aliphatic rings. The Kier molecular flexibility index (Phi) is 9.19. The maximum atomic E-state index is 12.9. The largest absolute Gasteiger partial charge is 0.506 e. The van der Waals surface area contributed by atoms with Crippen molar-refractivity contribution in [3.63, 3.8) is 0 Å². The smallest absolute Gasteiger partial charge is 0.243 e. The second-order valence-corrected chi connectivity index (χ2v) is 13.9. The molecule has 0 bridgehead atoms. The molecule has 0 saturated carbocycles. The molecule has 38 heavy (non-hydrogen) atoms. The van der Waals surface area contributed by atoms with Crippen molar-refractivity contribution in [2.24, 2.45) is 5.92 Å². The third-order valence-corrected chi connectivity index (χ3v) is 9.74. The first-order chi connectivity index (χ1) is 18.0. The highest BCUT2D eigenvalue weighted by Crippen LogP contribution is 2.29. The molecule has 2 saturated heterocycles. The number of anilines is 2. The summed E-state index contributed by atoms with van der Waals surface area (Å²) in [5.41, 5.74) is 1.56. The van der Waals surface area contributed by atoms with Gasteiger partial charge in [0.05, 0.1) is 22.9 Å². The SMILES string of the molecule is CS(=O)(=O)Nc1cc(C(O)CNCC2CCN(c3ccc(S(=O)(=O)N4CCCCC4)cc3)CC2)ccc1O. The van der Waals surface area contributed by atoms with Crippen molar-refractivity contribution in [3.05, 3.63) is 48.0 Å². The first kappa shape index (κ1) is 28.6. The highest BCUT2D eigenvalue weighted by molar-refractivity contribution is 7.92. The predicted octanol–water partition coefficient (Wildman–Crippen LogP) is 2.48. The average molecular weight is 567 g/mol. The monoisotopic (exact) mass is 566 g/mol. The molecule has 2 aromatic rings. The number of aliphatic hydroxyl groups is 1. The number of piperidine rings is 2. The lowest BCUT2D eigenvalue weighted by molar-refractivity contribution is 0.171. The van der Waals surface area contributed by atoms with Crippen LogP contribution in [0.1, 0.15) is 43.8 Å². The molecule has 10 nitrogen and oxygen atoms in total. The Balaban J connectivity index is 1.23. The molecule has 0 aromatic heterocycles. The zero-order valence-corrected chi connectivity index (χ0v) is 23.3. The number of benzene rings is 2. The van der Waals surface area contributed by atoms with Crippen LogP contribution in [0, 0.1) is 5.92 Å². The van der Waals surface area contributed by atoms with Gasteiger partial charge in [-0.1, -0.05) is 12.5 Å². The van der Waals surface area contributed by atoms with Crippen molar-refractivity contribution in [2.45, 2.75) is 43.1 Å². The zero-order chi connectivity index (χ0) is 27.3. The minimum absolute atomic E-state index is 0.0357. The van der Waals surface area contributed by atoms with Crippen LogP contribution in [0.4, 0.5) is 11.4 Å². The predicted molar refractivity (Wildman–Crippen MR) is 148 cm³/mol. The van der Waals surface area contributed by atoms with Crippen LogP contribution in [-0.2, 0) is 20.0 Å². The Morgan fingerprint density at radius 3 is 2.24 bits per heavy atom. The highest BCUT2D eigenvalue weighted by atomic mass is 32.2. The molecule has 4 N–H and O–H groups in total. The Morgan fingerprint density at radius 2 is 1.61 bits per heavy atom. The quantitative estimate of drug-likeness (QED) is 0.322. The molecule has 2 heterocycles. The van der Waals surface area contributed by atoms with Crippen LogP contribution < -0.4 is 14.9 Å². The van der Waals surface area contributed by atoms with E-state index in [1.807, 2.05) is 12.1 Å². The second kappa shape index (κ2) is 12.2. The fourth-order valence-electron chi connectivity index (χ4n) is 5.06. The van der Waals surface area contributed by atoms with Gasteiger partial charge in [0.1, 0.15) is 5.75 Å². The fourth-order valence-corrected chi connectivity index (χ4v) is 7.14. The van der Waals surface area contributed by atoms with Crippen molar-refractivity contribution in [1.82, 2.24) is 9.62 Å². The molecule has 1 unspecified atom stereocenters. The third kappa shape index (κ3) is 7.38. The first-order valence-corrected chi connectivity index (χ1v) is 16.4. The summed E-state index contributed by atoms with van der Waals surface area (Å²) in [4.78, 5) is 2.63. The Labute approximate surface area is 225 Å². The summed E-state index contributed by atoms with van der Waals surface area (Å²) in [5, 5.41) is 23.7. The summed E-state index contributed by atoms with van der Waals surface area (Å²) in [6, 6.07) is 11.6. The molecule has 0 spiro atoms. The van der Waals surface area contributed by atoms with E-state index >= 15 is 0 Å². The van der Waals surface area contributed by atoms with Crippen LogP contribution in [0.25, 0.3) is 0 Å². The molecule has 210 valence electrons. The van der Waals surface area contributed by atoms with Gasteiger partial charge >= 0.3 is 0 Å². The number of hydrogen-bond acceptors (Lipinski definition) is 8. The maximum absolute atomic E-state index is 12.9. The Bertz CT molecular complexity index is 1290. The lowest BCUT2D eigenvalue weighted by atomic mass is 9.96. The summed E-state index contributed by atoms with van der Waals surface area (Å²) >= 11 is 0. The van der Waals surface area contributed by atoms with Gasteiger partial charge in [0, 0.05) is 38.4 Å². The topological polar surface area (TPSA) is 139 Å². The van der Waals surface area contributed by atoms with Crippen LogP contribution in [0.15, 0.2) is 47.4 Å². The van der Waals surface area contributed by atoms with Crippen molar-refractivity contribution in [2.75, 3.05) is 55.1 Å². The molecule has 2 aromatic carbocycles. The number of aromatic hydroxyl groups is 1. The van der Waals surface area contributed by atoms with Crippen molar-refractivity contribution >= 4 is 31.4 Å². The van der Waals surface area contributed by atoms with Crippen molar-refractivity contribution in [3.8, 4) is 5.75 Å². The Hall–Kier alpha value is -2.38. The van der Waals surface area contributed by atoms with E-state index in [0.717, 1.165) is 63.7 Å².